The molecule has 2 N–H and O–H groups in total. The van der Waals surface area contributed by atoms with Gasteiger partial charge in [0.25, 0.3) is 11.6 Å². The molecular weight excluding hydrogens is 406 g/mol. The number of aromatic nitrogens is 1. The minimum Gasteiger partial charge on any atom is -0.492 e. The van der Waals surface area contributed by atoms with E-state index in [0.717, 1.165) is 5.39 Å². The van der Waals surface area contributed by atoms with Gasteiger partial charge in [0.1, 0.15) is 23.8 Å². The molecule has 162 valence electrons. The molecule has 10 nitrogen and oxygen atoms in total. The van der Waals surface area contributed by atoms with Gasteiger partial charge in [-0.25, -0.2) is 4.79 Å². The number of nitro groups is 1. The number of benzene rings is 2. The number of nitro benzene ring substituents is 1. The van der Waals surface area contributed by atoms with Crippen molar-refractivity contribution in [1.29, 1.82) is 0 Å². The molecular formula is C21H21N3O7. The predicted octanol–water partition coefficient (Wildman–Crippen LogP) is 2.67. The summed E-state index contributed by atoms with van der Waals surface area (Å²) in [5.74, 6) is -0.179. The van der Waals surface area contributed by atoms with Crippen LogP contribution >= 0.6 is 0 Å². The van der Waals surface area contributed by atoms with Gasteiger partial charge >= 0.3 is 5.97 Å². The number of carbonyl (C=O) groups excluding carboxylic acids is 2. The summed E-state index contributed by atoms with van der Waals surface area (Å²) in [4.78, 5) is 33.7. The highest BCUT2D eigenvalue weighted by Gasteiger charge is 2.15. The number of hydrogen-bond donors (Lipinski definition) is 1. The van der Waals surface area contributed by atoms with Crippen molar-refractivity contribution in [2.45, 2.75) is 13.5 Å². The Hall–Kier alpha value is -4.08. The maximum atomic E-state index is 11.9. The van der Waals surface area contributed by atoms with E-state index in [1.807, 2.05) is 0 Å². The maximum absolute atomic E-state index is 11.9. The smallest absolute Gasteiger partial charge is 0.344 e. The Morgan fingerprint density at radius 1 is 1.06 bits per heavy atom. The van der Waals surface area contributed by atoms with E-state index in [4.69, 9.17) is 19.9 Å². The molecule has 0 fully saturated rings. The lowest BCUT2D eigenvalue weighted by Gasteiger charge is -2.11. The van der Waals surface area contributed by atoms with Gasteiger partial charge in [-0.1, -0.05) is 0 Å². The molecule has 0 aliphatic heterocycles. The monoisotopic (exact) mass is 427 g/mol. The Bertz CT molecular complexity index is 1110. The first-order valence-electron chi connectivity index (χ1n) is 9.47. The van der Waals surface area contributed by atoms with E-state index in [0.29, 0.717) is 29.3 Å². The van der Waals surface area contributed by atoms with Crippen LogP contribution in [-0.4, -0.2) is 41.2 Å². The lowest BCUT2D eigenvalue weighted by atomic mass is 10.2. The molecule has 0 bridgehead atoms. The van der Waals surface area contributed by atoms with Crippen molar-refractivity contribution in [2.24, 2.45) is 5.73 Å². The SMILES string of the molecule is CCOC(=O)COc1ccc2cc(C(N)=O)n(CCOc3ccc([N+](=O)[O-])cc3)c2c1. The largest absolute Gasteiger partial charge is 0.492 e. The van der Waals surface area contributed by atoms with E-state index in [-0.39, 0.29) is 25.5 Å². The van der Waals surface area contributed by atoms with Gasteiger partial charge in [0, 0.05) is 23.6 Å². The van der Waals surface area contributed by atoms with E-state index >= 15 is 0 Å². The normalized spacial score (nSPS) is 10.6. The van der Waals surface area contributed by atoms with Gasteiger partial charge in [-0.15, -0.1) is 0 Å². The third-order valence-electron chi connectivity index (χ3n) is 4.42. The van der Waals surface area contributed by atoms with Crippen LogP contribution in [0.1, 0.15) is 17.4 Å². The molecule has 0 spiro atoms. The van der Waals surface area contributed by atoms with Crippen molar-refractivity contribution >= 4 is 28.5 Å². The number of esters is 1. The second kappa shape index (κ2) is 9.61. The predicted molar refractivity (Wildman–Crippen MR) is 111 cm³/mol. The summed E-state index contributed by atoms with van der Waals surface area (Å²) < 4.78 is 17.6. The Morgan fingerprint density at radius 2 is 1.77 bits per heavy atom. The second-order valence-electron chi connectivity index (χ2n) is 6.46. The van der Waals surface area contributed by atoms with Gasteiger partial charge in [0.2, 0.25) is 0 Å². The van der Waals surface area contributed by atoms with Gasteiger partial charge in [-0.05, 0) is 37.3 Å². The summed E-state index contributed by atoms with van der Waals surface area (Å²) in [5, 5.41) is 11.5. The van der Waals surface area contributed by atoms with Crippen molar-refractivity contribution in [3.8, 4) is 11.5 Å². The first-order chi connectivity index (χ1) is 14.9. The van der Waals surface area contributed by atoms with Crippen LogP contribution in [0.4, 0.5) is 5.69 Å². The first-order valence-corrected chi connectivity index (χ1v) is 9.47. The average molecular weight is 427 g/mol. The van der Waals surface area contributed by atoms with Gasteiger partial charge in [0.15, 0.2) is 6.61 Å². The number of amides is 1. The number of rotatable bonds is 10. The van der Waals surface area contributed by atoms with Gasteiger partial charge in [-0.2, -0.15) is 0 Å². The molecule has 3 aromatic rings. The van der Waals surface area contributed by atoms with E-state index in [2.05, 4.69) is 0 Å². The van der Waals surface area contributed by atoms with Crippen molar-refractivity contribution in [1.82, 2.24) is 4.57 Å². The molecule has 1 heterocycles. The maximum Gasteiger partial charge on any atom is 0.344 e. The fourth-order valence-electron chi connectivity index (χ4n) is 3.03. The van der Waals surface area contributed by atoms with E-state index < -0.39 is 16.8 Å². The zero-order chi connectivity index (χ0) is 22.4. The Kier molecular flexibility index (Phi) is 6.71. The van der Waals surface area contributed by atoms with Crippen molar-refractivity contribution in [3.05, 3.63) is 64.3 Å². The summed E-state index contributed by atoms with van der Waals surface area (Å²) in [6, 6.07) is 12.5. The van der Waals surface area contributed by atoms with Crippen LogP contribution in [0, 0.1) is 10.1 Å². The average Bonchev–Trinajstić information content (AvgIpc) is 3.11. The molecule has 0 saturated heterocycles. The fourth-order valence-corrected chi connectivity index (χ4v) is 3.03. The molecule has 0 radical (unpaired) electrons. The standard InChI is InChI=1S/C21H21N3O7/c1-2-29-20(25)13-31-17-6-3-14-11-19(21(22)26)23(18(14)12-17)9-10-30-16-7-4-15(5-8-16)24(27)28/h3-8,11-12H,2,9-10,13H2,1H3,(H2,22,26). The van der Waals surface area contributed by atoms with Crippen LogP contribution in [-0.2, 0) is 16.1 Å². The minimum atomic E-state index is -0.597. The highest BCUT2D eigenvalue weighted by Crippen LogP contribution is 2.25. The lowest BCUT2D eigenvalue weighted by Crippen LogP contribution is -2.19. The van der Waals surface area contributed by atoms with Crippen molar-refractivity contribution in [2.75, 3.05) is 19.8 Å². The summed E-state index contributed by atoms with van der Waals surface area (Å²) in [5.41, 5.74) is 6.47. The third-order valence-corrected chi connectivity index (χ3v) is 4.42. The minimum absolute atomic E-state index is 0.0323. The zero-order valence-corrected chi connectivity index (χ0v) is 16.8. The summed E-state index contributed by atoms with van der Waals surface area (Å²) >= 11 is 0. The molecule has 0 aliphatic carbocycles. The number of hydrogen-bond acceptors (Lipinski definition) is 7. The molecule has 1 amide bonds. The fraction of sp³-hybridized carbons (Fsp3) is 0.238. The Balaban J connectivity index is 1.76. The molecule has 0 aliphatic rings. The van der Waals surface area contributed by atoms with E-state index in [1.54, 1.807) is 35.8 Å². The molecule has 2 aromatic carbocycles. The number of carbonyl (C=O) groups is 2. The number of primary amides is 1. The quantitative estimate of drug-likeness (QED) is 0.298. The number of nitrogens with two attached hydrogens (primary N) is 1. The molecule has 3 rings (SSSR count). The summed E-state index contributed by atoms with van der Waals surface area (Å²) in [6.07, 6.45) is 0. The highest BCUT2D eigenvalue weighted by atomic mass is 16.6. The molecule has 0 saturated carbocycles. The number of ether oxygens (including phenoxy) is 3. The summed E-state index contributed by atoms with van der Waals surface area (Å²) in [6.45, 7) is 2.23. The highest BCUT2D eigenvalue weighted by molar-refractivity contribution is 5.98. The van der Waals surface area contributed by atoms with Crippen LogP contribution < -0.4 is 15.2 Å². The first kappa shape index (κ1) is 21.6. The Labute approximate surface area is 177 Å². The lowest BCUT2D eigenvalue weighted by molar-refractivity contribution is -0.384. The van der Waals surface area contributed by atoms with E-state index in [9.17, 15) is 19.7 Å². The number of nitrogens with zero attached hydrogens (tertiary/aromatic N) is 2. The van der Waals surface area contributed by atoms with Gasteiger partial charge < -0.3 is 24.5 Å². The van der Waals surface area contributed by atoms with Crippen LogP contribution in [0.3, 0.4) is 0 Å². The Morgan fingerprint density at radius 3 is 2.42 bits per heavy atom. The third kappa shape index (κ3) is 5.30. The molecule has 31 heavy (non-hydrogen) atoms. The van der Waals surface area contributed by atoms with Gasteiger partial charge in [-0.3, -0.25) is 14.9 Å². The van der Waals surface area contributed by atoms with E-state index in [1.165, 1.54) is 24.3 Å². The summed E-state index contributed by atoms with van der Waals surface area (Å²) in [7, 11) is 0. The van der Waals surface area contributed by atoms with Crippen LogP contribution in [0.2, 0.25) is 0 Å². The topological polar surface area (TPSA) is 136 Å². The van der Waals surface area contributed by atoms with Crippen LogP contribution in [0.5, 0.6) is 11.5 Å². The van der Waals surface area contributed by atoms with Crippen molar-refractivity contribution in [3.63, 3.8) is 0 Å². The van der Waals surface area contributed by atoms with Crippen molar-refractivity contribution < 1.29 is 28.7 Å². The second-order valence-corrected chi connectivity index (χ2v) is 6.46. The molecule has 0 unspecified atom stereocenters. The van der Waals surface area contributed by atoms with Crippen LogP contribution in [0.15, 0.2) is 48.5 Å². The van der Waals surface area contributed by atoms with Crippen LogP contribution in [0.25, 0.3) is 10.9 Å². The molecule has 1 aromatic heterocycles. The molecule has 10 heteroatoms. The number of fused-ring (bicyclic) bond motifs is 1. The number of non-ortho nitro benzene ring substituents is 1. The zero-order valence-electron chi connectivity index (χ0n) is 16.8. The van der Waals surface area contributed by atoms with Gasteiger partial charge in [0.05, 0.1) is 23.6 Å². The molecule has 0 atom stereocenters.